The number of nitrogens with two attached hydrogens (primary N) is 1. The van der Waals surface area contributed by atoms with Crippen molar-refractivity contribution in [2.24, 2.45) is 0 Å². The minimum atomic E-state index is -3.59. The van der Waals surface area contributed by atoms with Gasteiger partial charge in [-0.3, -0.25) is 9.36 Å². The lowest BCUT2D eigenvalue weighted by molar-refractivity contribution is -0.149. The van der Waals surface area contributed by atoms with Gasteiger partial charge in [-0.05, 0) is 40.2 Å². The largest absolute Gasteiger partial charge is 0.462 e. The topological polar surface area (TPSA) is 143 Å². The number of ether oxygens (including phenoxy) is 2. The molecule has 3 rings (SSSR count). The molecular formula is C23H33N6O5P. The minimum Gasteiger partial charge on any atom is -0.462 e. The maximum atomic E-state index is 13.7. The van der Waals surface area contributed by atoms with Crippen molar-refractivity contribution in [3.05, 3.63) is 48.0 Å². The van der Waals surface area contributed by atoms with Gasteiger partial charge >= 0.3 is 5.97 Å². The smallest absolute Gasteiger partial charge is 0.323 e. The van der Waals surface area contributed by atoms with Crippen molar-refractivity contribution in [3.8, 4) is 0 Å². The molecule has 3 atom stereocenters. The van der Waals surface area contributed by atoms with Crippen molar-refractivity contribution in [3.63, 3.8) is 0 Å². The fourth-order valence-corrected chi connectivity index (χ4v) is 4.97. The molecule has 0 bridgehead atoms. The molecule has 1 aromatic carbocycles. The van der Waals surface area contributed by atoms with Crippen molar-refractivity contribution < 1.29 is 23.4 Å². The molecule has 0 saturated heterocycles. The summed E-state index contributed by atoms with van der Waals surface area (Å²) in [6, 6.07) is 6.85. The highest BCUT2D eigenvalue weighted by atomic mass is 31.2. The van der Waals surface area contributed by atoms with Crippen LogP contribution in [0.1, 0.15) is 38.8 Å². The standard InChI is InChI=1S/C23H33N6O5P/c1-15(2)34-23(30)18(5)28-35(31,33-11-19-8-6-16(3)7-9-19)14-32-17(4)10-29-13-27-20-21(24)25-12-26-22(20)29/h6-9,12-13,15,17-18H,10-11,14H2,1-5H3,(H,28,31)(H2,24,25,26)/t17-,18+,35?/m1/s1. The second-order valence-electron chi connectivity index (χ2n) is 8.70. The number of esters is 1. The Morgan fingerprint density at radius 1 is 1.14 bits per heavy atom. The molecule has 0 radical (unpaired) electrons. The van der Waals surface area contributed by atoms with Gasteiger partial charge in [0.1, 0.15) is 24.2 Å². The van der Waals surface area contributed by atoms with Crippen LogP contribution in [0.25, 0.3) is 11.2 Å². The number of aryl methyl sites for hydroxylation is 1. The summed E-state index contributed by atoms with van der Waals surface area (Å²) in [5.74, 6) is -0.225. The predicted octanol–water partition coefficient (Wildman–Crippen LogP) is 3.42. The minimum absolute atomic E-state index is 0.0939. The molecule has 0 spiro atoms. The number of nitrogens with zero attached hydrogens (tertiary/aromatic N) is 4. The van der Waals surface area contributed by atoms with E-state index in [1.807, 2.05) is 38.1 Å². The first-order chi connectivity index (χ1) is 16.6. The highest BCUT2D eigenvalue weighted by Crippen LogP contribution is 2.44. The van der Waals surface area contributed by atoms with E-state index < -0.39 is 19.5 Å². The van der Waals surface area contributed by atoms with Crippen LogP contribution < -0.4 is 10.8 Å². The average molecular weight is 505 g/mol. The fourth-order valence-electron chi connectivity index (χ4n) is 3.24. The van der Waals surface area contributed by atoms with Gasteiger partial charge in [0.25, 0.3) is 7.52 Å². The molecule has 3 aromatic rings. The van der Waals surface area contributed by atoms with E-state index >= 15 is 0 Å². The van der Waals surface area contributed by atoms with Gasteiger partial charge in [-0.1, -0.05) is 29.8 Å². The average Bonchev–Trinajstić information content (AvgIpc) is 3.21. The van der Waals surface area contributed by atoms with Crippen molar-refractivity contribution in [1.82, 2.24) is 24.6 Å². The van der Waals surface area contributed by atoms with Crippen LogP contribution in [0.15, 0.2) is 36.9 Å². The second kappa shape index (κ2) is 11.7. The Hall–Kier alpha value is -2.85. The predicted molar refractivity (Wildman–Crippen MR) is 133 cm³/mol. The Kier molecular flexibility index (Phi) is 8.96. The van der Waals surface area contributed by atoms with E-state index in [2.05, 4.69) is 20.0 Å². The molecule has 1 unspecified atom stereocenters. The molecule has 190 valence electrons. The Morgan fingerprint density at radius 3 is 2.54 bits per heavy atom. The molecule has 0 aliphatic heterocycles. The van der Waals surface area contributed by atoms with Crippen molar-refractivity contribution >= 4 is 30.5 Å². The first kappa shape index (κ1) is 26.7. The molecule has 0 fully saturated rings. The SMILES string of the molecule is Cc1ccc(COP(=O)(CO[C@H](C)Cn2cnc3c(N)ncnc32)N[C@@H](C)C(=O)OC(C)C)cc1. The number of anilines is 1. The zero-order valence-corrected chi connectivity index (χ0v) is 21.6. The summed E-state index contributed by atoms with van der Waals surface area (Å²) in [5, 5.41) is 2.81. The van der Waals surface area contributed by atoms with Crippen LogP contribution >= 0.6 is 7.52 Å². The Bertz CT molecular complexity index is 1180. The maximum Gasteiger partial charge on any atom is 0.323 e. The van der Waals surface area contributed by atoms with E-state index in [1.165, 1.54) is 6.33 Å². The summed E-state index contributed by atoms with van der Waals surface area (Å²) < 4.78 is 32.4. The van der Waals surface area contributed by atoms with Crippen molar-refractivity contribution in [2.45, 2.75) is 66.0 Å². The van der Waals surface area contributed by atoms with Gasteiger partial charge in [-0.25, -0.2) is 20.0 Å². The zero-order valence-electron chi connectivity index (χ0n) is 20.7. The zero-order chi connectivity index (χ0) is 25.6. The van der Waals surface area contributed by atoms with Crippen molar-refractivity contribution in [1.29, 1.82) is 0 Å². The Balaban J connectivity index is 1.68. The number of carbonyl (C=O) groups excluding carboxylic acids is 1. The van der Waals surface area contributed by atoms with E-state index in [1.54, 1.807) is 31.7 Å². The van der Waals surface area contributed by atoms with Crippen LogP contribution in [-0.4, -0.2) is 50.1 Å². The summed E-state index contributed by atoms with van der Waals surface area (Å²) in [6.45, 7) is 9.38. The lowest BCUT2D eigenvalue weighted by atomic mass is 10.2. The molecular weight excluding hydrogens is 471 g/mol. The number of rotatable bonds is 12. The summed E-state index contributed by atoms with van der Waals surface area (Å²) in [4.78, 5) is 24.7. The van der Waals surface area contributed by atoms with E-state index in [-0.39, 0.29) is 25.2 Å². The summed E-state index contributed by atoms with van der Waals surface area (Å²) in [5.41, 5.74) is 8.89. The van der Waals surface area contributed by atoms with Crippen LogP contribution in [0.4, 0.5) is 5.82 Å². The first-order valence-electron chi connectivity index (χ1n) is 11.4. The maximum absolute atomic E-state index is 13.7. The number of aromatic nitrogens is 4. The number of fused-ring (bicyclic) bond motifs is 1. The molecule has 0 saturated carbocycles. The van der Waals surface area contributed by atoms with Gasteiger partial charge in [0.05, 0.1) is 31.7 Å². The Labute approximate surface area is 204 Å². The third-order valence-corrected chi connectivity index (χ3v) is 6.88. The molecule has 0 aliphatic carbocycles. The molecule has 3 N–H and O–H groups in total. The van der Waals surface area contributed by atoms with Crippen LogP contribution in [0.2, 0.25) is 0 Å². The molecule has 0 amide bonds. The third-order valence-electron chi connectivity index (χ3n) is 5.07. The molecule has 2 aromatic heterocycles. The van der Waals surface area contributed by atoms with Gasteiger partial charge in [0.2, 0.25) is 0 Å². The number of hydrogen-bond donors (Lipinski definition) is 2. The fraction of sp³-hybridized carbons (Fsp3) is 0.478. The van der Waals surface area contributed by atoms with Crippen LogP contribution in [0.3, 0.4) is 0 Å². The summed E-state index contributed by atoms with van der Waals surface area (Å²) >= 11 is 0. The molecule has 0 aliphatic rings. The second-order valence-corrected chi connectivity index (χ2v) is 10.8. The highest BCUT2D eigenvalue weighted by molar-refractivity contribution is 7.56. The normalized spacial score (nSPS) is 15.1. The molecule has 35 heavy (non-hydrogen) atoms. The monoisotopic (exact) mass is 504 g/mol. The van der Waals surface area contributed by atoms with E-state index in [0.717, 1.165) is 11.1 Å². The lowest BCUT2D eigenvalue weighted by Crippen LogP contribution is -2.36. The van der Waals surface area contributed by atoms with Gasteiger partial charge in [-0.15, -0.1) is 0 Å². The number of nitrogens with one attached hydrogen (secondary N) is 1. The van der Waals surface area contributed by atoms with Gasteiger partial charge in [-0.2, -0.15) is 0 Å². The van der Waals surface area contributed by atoms with E-state index in [4.69, 9.17) is 19.7 Å². The van der Waals surface area contributed by atoms with E-state index in [0.29, 0.717) is 23.5 Å². The van der Waals surface area contributed by atoms with Crippen molar-refractivity contribution in [2.75, 3.05) is 12.1 Å². The van der Waals surface area contributed by atoms with Gasteiger partial charge in [0.15, 0.2) is 11.5 Å². The molecule has 2 heterocycles. The third kappa shape index (κ3) is 7.57. The Morgan fingerprint density at radius 2 is 1.86 bits per heavy atom. The van der Waals surface area contributed by atoms with Crippen LogP contribution in [0.5, 0.6) is 0 Å². The van der Waals surface area contributed by atoms with Gasteiger partial charge in [0, 0.05) is 0 Å². The number of nitrogen functional groups attached to an aromatic ring is 1. The highest BCUT2D eigenvalue weighted by Gasteiger charge is 2.31. The quantitative estimate of drug-likeness (QED) is 0.278. The number of carbonyl (C=O) groups is 1. The molecule has 11 nitrogen and oxygen atoms in total. The first-order valence-corrected chi connectivity index (χ1v) is 13.2. The van der Waals surface area contributed by atoms with E-state index in [9.17, 15) is 9.36 Å². The number of imidazole rings is 1. The summed E-state index contributed by atoms with van der Waals surface area (Å²) in [6.07, 6.45) is 2.06. The number of benzene rings is 1. The van der Waals surface area contributed by atoms with Gasteiger partial charge < -0.3 is 24.3 Å². The lowest BCUT2D eigenvalue weighted by Gasteiger charge is -2.25. The number of hydrogen-bond acceptors (Lipinski definition) is 9. The van der Waals surface area contributed by atoms with Crippen LogP contribution in [0, 0.1) is 6.92 Å². The van der Waals surface area contributed by atoms with Crippen LogP contribution in [-0.2, 0) is 36.5 Å². The molecule has 12 heteroatoms. The summed E-state index contributed by atoms with van der Waals surface area (Å²) in [7, 11) is -3.59.